The number of carbonyl (C=O) groups is 3. The fourth-order valence-electron chi connectivity index (χ4n) is 2.59. The molecule has 4 amide bonds. The van der Waals surface area contributed by atoms with Crippen molar-refractivity contribution in [2.45, 2.75) is 25.4 Å². The number of methoxy groups -OCH3 is 1. The number of nitrogens with zero attached hydrogens (tertiary/aromatic N) is 1. The van der Waals surface area contributed by atoms with E-state index < -0.39 is 23.4 Å². The molecule has 1 saturated heterocycles. The van der Waals surface area contributed by atoms with E-state index in [0.717, 1.165) is 9.37 Å². The standard InChI is InChI=1S/C16H20BrN3O4/c1-10(9-24-3)18-13(21)8-20-14(22)16(2,19-15(20)23)11-5-4-6-12(17)7-11/h4-7,10H,8-9H2,1-3H3,(H,18,21)(H,19,23)/t10-,16-/m0/s1. The van der Waals surface area contributed by atoms with Crippen LogP contribution in [0.5, 0.6) is 0 Å². The van der Waals surface area contributed by atoms with Gasteiger partial charge in [0.25, 0.3) is 5.91 Å². The lowest BCUT2D eigenvalue weighted by Gasteiger charge is -2.22. The third-order valence-electron chi connectivity index (χ3n) is 3.80. The van der Waals surface area contributed by atoms with Crippen LogP contribution in [0.3, 0.4) is 0 Å². The van der Waals surface area contributed by atoms with Crippen LogP contribution in [0.1, 0.15) is 19.4 Å². The van der Waals surface area contributed by atoms with E-state index in [1.165, 1.54) is 7.11 Å². The van der Waals surface area contributed by atoms with Crippen LogP contribution in [0.15, 0.2) is 28.7 Å². The SMILES string of the molecule is COC[C@H](C)NC(=O)CN1C(=O)N[C@@](C)(c2cccc(Br)c2)C1=O. The molecule has 8 heteroatoms. The van der Waals surface area contributed by atoms with Gasteiger partial charge in [0.15, 0.2) is 0 Å². The molecule has 1 aliphatic heterocycles. The normalized spacial score (nSPS) is 21.6. The summed E-state index contributed by atoms with van der Waals surface area (Å²) in [5.74, 6) is -0.873. The van der Waals surface area contributed by atoms with Crippen LogP contribution < -0.4 is 10.6 Å². The summed E-state index contributed by atoms with van der Waals surface area (Å²) in [6.07, 6.45) is 0. The number of ether oxygens (including phenoxy) is 1. The number of halogens is 1. The van der Waals surface area contributed by atoms with Gasteiger partial charge >= 0.3 is 6.03 Å². The number of urea groups is 1. The molecule has 2 N–H and O–H groups in total. The maximum Gasteiger partial charge on any atom is 0.325 e. The van der Waals surface area contributed by atoms with Crippen molar-refractivity contribution in [1.29, 1.82) is 0 Å². The van der Waals surface area contributed by atoms with Crippen molar-refractivity contribution in [2.75, 3.05) is 20.3 Å². The average Bonchev–Trinajstić information content (AvgIpc) is 2.72. The summed E-state index contributed by atoms with van der Waals surface area (Å²) >= 11 is 3.35. The Bertz CT molecular complexity index is 666. The number of hydrogen-bond donors (Lipinski definition) is 2. The first-order valence-corrected chi connectivity index (χ1v) is 8.25. The van der Waals surface area contributed by atoms with Gasteiger partial charge in [0.2, 0.25) is 5.91 Å². The van der Waals surface area contributed by atoms with Gasteiger partial charge in [-0.1, -0.05) is 28.1 Å². The Kier molecular flexibility index (Phi) is 5.61. The van der Waals surface area contributed by atoms with Gasteiger partial charge in [-0.15, -0.1) is 0 Å². The second kappa shape index (κ2) is 7.31. The lowest BCUT2D eigenvalue weighted by Crippen LogP contribution is -2.45. The predicted molar refractivity (Wildman–Crippen MR) is 91.2 cm³/mol. The van der Waals surface area contributed by atoms with E-state index in [1.807, 2.05) is 6.07 Å². The molecule has 2 atom stereocenters. The summed E-state index contributed by atoms with van der Waals surface area (Å²) in [6, 6.07) is 6.34. The number of carbonyl (C=O) groups excluding carboxylic acids is 3. The van der Waals surface area contributed by atoms with Crippen molar-refractivity contribution in [2.24, 2.45) is 0 Å². The number of nitrogens with one attached hydrogen (secondary N) is 2. The minimum Gasteiger partial charge on any atom is -0.383 e. The Morgan fingerprint density at radius 1 is 1.46 bits per heavy atom. The second-order valence-electron chi connectivity index (χ2n) is 5.88. The van der Waals surface area contributed by atoms with Crippen LogP contribution in [0.25, 0.3) is 0 Å². The number of imide groups is 1. The highest BCUT2D eigenvalue weighted by atomic mass is 79.9. The third kappa shape index (κ3) is 3.76. The molecule has 1 fully saturated rings. The Labute approximate surface area is 148 Å². The van der Waals surface area contributed by atoms with E-state index in [4.69, 9.17) is 4.74 Å². The van der Waals surface area contributed by atoms with Crippen molar-refractivity contribution < 1.29 is 19.1 Å². The Balaban J connectivity index is 2.13. The molecular weight excluding hydrogens is 378 g/mol. The minimum absolute atomic E-state index is 0.209. The maximum absolute atomic E-state index is 12.7. The van der Waals surface area contributed by atoms with Gasteiger partial charge in [0, 0.05) is 17.6 Å². The number of hydrogen-bond acceptors (Lipinski definition) is 4. The van der Waals surface area contributed by atoms with Crippen LogP contribution in [-0.2, 0) is 19.9 Å². The highest BCUT2D eigenvalue weighted by Gasteiger charge is 2.49. The fraction of sp³-hybridized carbons (Fsp3) is 0.438. The summed E-state index contributed by atoms with van der Waals surface area (Å²) in [6.45, 7) is 3.42. The van der Waals surface area contributed by atoms with Crippen LogP contribution in [0.2, 0.25) is 0 Å². The molecule has 1 heterocycles. The quantitative estimate of drug-likeness (QED) is 0.709. The molecule has 0 aliphatic carbocycles. The Hall–Kier alpha value is -1.93. The molecule has 0 radical (unpaired) electrons. The van der Waals surface area contributed by atoms with Gasteiger partial charge in [-0.2, -0.15) is 0 Å². The van der Waals surface area contributed by atoms with E-state index in [2.05, 4.69) is 26.6 Å². The zero-order valence-corrected chi connectivity index (χ0v) is 15.3. The van der Waals surface area contributed by atoms with E-state index in [9.17, 15) is 14.4 Å². The molecule has 0 unspecified atom stereocenters. The number of amides is 4. The molecule has 2 rings (SSSR count). The van der Waals surface area contributed by atoms with Crippen molar-refractivity contribution in [3.63, 3.8) is 0 Å². The molecule has 1 aromatic rings. The molecular formula is C16H20BrN3O4. The van der Waals surface area contributed by atoms with Crippen molar-refractivity contribution in [3.8, 4) is 0 Å². The Morgan fingerprint density at radius 3 is 2.79 bits per heavy atom. The van der Waals surface area contributed by atoms with E-state index >= 15 is 0 Å². The van der Waals surface area contributed by atoms with Crippen molar-refractivity contribution in [3.05, 3.63) is 34.3 Å². The smallest absolute Gasteiger partial charge is 0.325 e. The van der Waals surface area contributed by atoms with Crippen molar-refractivity contribution >= 4 is 33.8 Å². The van der Waals surface area contributed by atoms with Gasteiger partial charge in [-0.3, -0.25) is 14.5 Å². The number of rotatable bonds is 6. The second-order valence-corrected chi connectivity index (χ2v) is 6.80. The van der Waals surface area contributed by atoms with E-state index in [-0.39, 0.29) is 12.6 Å². The predicted octanol–water partition coefficient (Wildman–Crippen LogP) is 1.37. The summed E-state index contributed by atoms with van der Waals surface area (Å²) in [4.78, 5) is 37.9. The first-order chi connectivity index (χ1) is 11.3. The summed E-state index contributed by atoms with van der Waals surface area (Å²) < 4.78 is 5.74. The monoisotopic (exact) mass is 397 g/mol. The first-order valence-electron chi connectivity index (χ1n) is 7.46. The van der Waals surface area contributed by atoms with E-state index in [1.54, 1.807) is 32.0 Å². The van der Waals surface area contributed by atoms with Crippen LogP contribution in [0, 0.1) is 0 Å². The Morgan fingerprint density at radius 2 is 2.17 bits per heavy atom. The lowest BCUT2D eigenvalue weighted by molar-refractivity contribution is -0.135. The van der Waals surface area contributed by atoms with E-state index in [0.29, 0.717) is 12.2 Å². The summed E-state index contributed by atoms with van der Waals surface area (Å²) in [5, 5.41) is 5.35. The minimum atomic E-state index is -1.20. The zero-order chi connectivity index (χ0) is 17.9. The van der Waals surface area contributed by atoms with Gasteiger partial charge in [0.1, 0.15) is 12.1 Å². The molecule has 0 saturated carbocycles. The topological polar surface area (TPSA) is 87.7 Å². The van der Waals surface area contributed by atoms with Gasteiger partial charge in [-0.25, -0.2) is 4.79 Å². The van der Waals surface area contributed by atoms with Crippen LogP contribution in [0.4, 0.5) is 4.79 Å². The van der Waals surface area contributed by atoms with Gasteiger partial charge in [-0.05, 0) is 31.5 Å². The fourth-order valence-corrected chi connectivity index (χ4v) is 2.99. The summed E-state index contributed by atoms with van der Waals surface area (Å²) in [5.41, 5.74) is -0.551. The summed E-state index contributed by atoms with van der Waals surface area (Å²) in [7, 11) is 1.53. The lowest BCUT2D eigenvalue weighted by atomic mass is 9.92. The average molecular weight is 398 g/mol. The molecule has 0 aromatic heterocycles. The van der Waals surface area contributed by atoms with Gasteiger partial charge < -0.3 is 15.4 Å². The molecule has 1 aromatic carbocycles. The molecule has 0 spiro atoms. The highest BCUT2D eigenvalue weighted by molar-refractivity contribution is 9.10. The number of benzene rings is 1. The molecule has 130 valence electrons. The van der Waals surface area contributed by atoms with Crippen LogP contribution >= 0.6 is 15.9 Å². The third-order valence-corrected chi connectivity index (χ3v) is 4.30. The molecule has 1 aliphatic rings. The maximum atomic E-state index is 12.7. The van der Waals surface area contributed by atoms with Crippen molar-refractivity contribution in [1.82, 2.24) is 15.5 Å². The highest BCUT2D eigenvalue weighted by Crippen LogP contribution is 2.30. The molecule has 0 bridgehead atoms. The van der Waals surface area contributed by atoms with Gasteiger partial charge in [0.05, 0.1) is 6.61 Å². The largest absolute Gasteiger partial charge is 0.383 e. The molecule has 7 nitrogen and oxygen atoms in total. The first kappa shape index (κ1) is 18.4. The molecule has 24 heavy (non-hydrogen) atoms. The van der Waals surface area contributed by atoms with Crippen LogP contribution in [-0.4, -0.2) is 49.0 Å². The zero-order valence-electron chi connectivity index (χ0n) is 13.8.